The van der Waals surface area contributed by atoms with E-state index >= 15 is 0 Å². The van der Waals surface area contributed by atoms with Gasteiger partial charge in [0.15, 0.2) is 0 Å². The number of halogens is 1. The Morgan fingerprint density at radius 2 is 2.15 bits per heavy atom. The van der Waals surface area contributed by atoms with Gasteiger partial charge in [0.2, 0.25) is 5.91 Å². The van der Waals surface area contributed by atoms with Gasteiger partial charge in [0.1, 0.15) is 5.75 Å². The molecule has 1 aromatic rings. The van der Waals surface area contributed by atoms with Crippen LogP contribution < -0.4 is 10.2 Å². The molecule has 20 heavy (non-hydrogen) atoms. The highest BCUT2D eigenvalue weighted by molar-refractivity contribution is 9.10. The molecule has 0 unspecified atom stereocenters. The molecule has 1 aliphatic carbocycles. The van der Waals surface area contributed by atoms with Crippen LogP contribution in [0.2, 0.25) is 0 Å². The number of nitrogens with one attached hydrogen (secondary N) is 1. The Labute approximate surface area is 127 Å². The molecule has 1 aromatic carbocycles. The summed E-state index contributed by atoms with van der Waals surface area (Å²) in [6.45, 7) is 0. The second kappa shape index (κ2) is 7.43. The highest BCUT2D eigenvalue weighted by Gasteiger charge is 2.20. The number of hydrogen-bond acceptors (Lipinski definition) is 3. The van der Waals surface area contributed by atoms with Crippen LogP contribution in [0.1, 0.15) is 37.7 Å². The van der Waals surface area contributed by atoms with Crippen LogP contribution in [-0.2, 0) is 4.79 Å². The zero-order chi connectivity index (χ0) is 14.4. The summed E-state index contributed by atoms with van der Waals surface area (Å²) in [7, 11) is 1.61. The molecule has 108 valence electrons. The van der Waals surface area contributed by atoms with Crippen LogP contribution in [0.25, 0.3) is 0 Å². The maximum Gasteiger partial charge on any atom is 0.243 e. The zero-order valence-electron chi connectivity index (χ0n) is 11.6. The molecule has 1 N–H and O–H groups in total. The second-order valence-corrected chi connectivity index (χ2v) is 5.87. The molecule has 0 spiro atoms. The summed E-state index contributed by atoms with van der Waals surface area (Å²) in [4.78, 5) is 11.9. The Morgan fingerprint density at radius 1 is 1.40 bits per heavy atom. The zero-order valence-corrected chi connectivity index (χ0v) is 13.1. The third-order valence-electron chi connectivity index (χ3n) is 3.55. The van der Waals surface area contributed by atoms with Crippen molar-refractivity contribution in [2.45, 2.75) is 32.1 Å². The van der Waals surface area contributed by atoms with Gasteiger partial charge in [0, 0.05) is 16.0 Å². The maximum atomic E-state index is 11.9. The fourth-order valence-electron chi connectivity index (χ4n) is 2.43. The van der Waals surface area contributed by atoms with Gasteiger partial charge in [0.25, 0.3) is 0 Å². The van der Waals surface area contributed by atoms with E-state index in [1.165, 1.54) is 6.42 Å². The number of methoxy groups -OCH3 is 1. The van der Waals surface area contributed by atoms with Gasteiger partial charge in [-0.2, -0.15) is 5.10 Å². The Kier molecular flexibility index (Phi) is 5.59. The molecular weight excluding hydrogens is 320 g/mol. The van der Waals surface area contributed by atoms with E-state index in [1.807, 2.05) is 18.2 Å². The minimum atomic E-state index is 0.0231. The number of benzene rings is 1. The van der Waals surface area contributed by atoms with Gasteiger partial charge in [0.05, 0.1) is 13.3 Å². The minimum Gasteiger partial charge on any atom is -0.496 e. The van der Waals surface area contributed by atoms with Crippen LogP contribution in [0, 0.1) is 5.92 Å². The SMILES string of the molecule is COc1ccc(Br)cc1/C=N\NC(=O)C1CCCCC1. The van der Waals surface area contributed by atoms with E-state index in [1.54, 1.807) is 13.3 Å². The smallest absolute Gasteiger partial charge is 0.243 e. The van der Waals surface area contributed by atoms with Crippen LogP contribution in [0.5, 0.6) is 5.75 Å². The van der Waals surface area contributed by atoms with Crippen molar-refractivity contribution in [3.05, 3.63) is 28.2 Å². The molecule has 0 bridgehead atoms. The third-order valence-corrected chi connectivity index (χ3v) is 4.04. The largest absolute Gasteiger partial charge is 0.496 e. The number of hydrogen-bond donors (Lipinski definition) is 1. The highest BCUT2D eigenvalue weighted by atomic mass is 79.9. The Bertz CT molecular complexity index is 497. The van der Waals surface area contributed by atoms with Crippen LogP contribution in [0.4, 0.5) is 0 Å². The van der Waals surface area contributed by atoms with Gasteiger partial charge in [-0.25, -0.2) is 5.43 Å². The third kappa shape index (κ3) is 4.07. The molecule has 5 heteroatoms. The molecule has 1 aliphatic rings. The van der Waals surface area contributed by atoms with Gasteiger partial charge in [-0.15, -0.1) is 0 Å². The lowest BCUT2D eigenvalue weighted by Crippen LogP contribution is -2.28. The minimum absolute atomic E-state index is 0.0231. The van der Waals surface area contributed by atoms with E-state index < -0.39 is 0 Å². The summed E-state index contributed by atoms with van der Waals surface area (Å²) in [6.07, 6.45) is 7.08. The lowest BCUT2D eigenvalue weighted by atomic mass is 9.89. The van der Waals surface area contributed by atoms with Crippen molar-refractivity contribution in [1.82, 2.24) is 5.43 Å². The second-order valence-electron chi connectivity index (χ2n) is 4.96. The molecule has 0 saturated heterocycles. The van der Waals surface area contributed by atoms with Gasteiger partial charge in [-0.3, -0.25) is 4.79 Å². The molecular formula is C15H19BrN2O2. The van der Waals surface area contributed by atoms with Crippen LogP contribution in [-0.4, -0.2) is 19.2 Å². The predicted octanol–water partition coefficient (Wildman–Crippen LogP) is 3.49. The Morgan fingerprint density at radius 3 is 2.85 bits per heavy atom. The number of carbonyl (C=O) groups excluding carboxylic acids is 1. The first-order valence-electron chi connectivity index (χ1n) is 6.87. The molecule has 1 saturated carbocycles. The lowest BCUT2D eigenvalue weighted by molar-refractivity contribution is -0.125. The first kappa shape index (κ1) is 15.0. The quantitative estimate of drug-likeness (QED) is 0.674. The molecule has 4 nitrogen and oxygen atoms in total. The monoisotopic (exact) mass is 338 g/mol. The molecule has 0 aromatic heterocycles. The maximum absolute atomic E-state index is 11.9. The van der Waals surface area contributed by atoms with Crippen molar-refractivity contribution in [3.8, 4) is 5.75 Å². The number of hydrazone groups is 1. The first-order chi connectivity index (χ1) is 9.70. The average molecular weight is 339 g/mol. The Hall–Kier alpha value is -1.36. The number of carbonyl (C=O) groups is 1. The van der Waals surface area contributed by atoms with Crippen LogP contribution in [0.15, 0.2) is 27.8 Å². The topological polar surface area (TPSA) is 50.7 Å². The van der Waals surface area contributed by atoms with E-state index in [4.69, 9.17) is 4.74 Å². The normalized spacial score (nSPS) is 16.3. The number of nitrogens with zero attached hydrogens (tertiary/aromatic N) is 1. The number of amides is 1. The van der Waals surface area contributed by atoms with Crippen molar-refractivity contribution in [1.29, 1.82) is 0 Å². The Balaban J connectivity index is 1.95. The van der Waals surface area contributed by atoms with Gasteiger partial charge >= 0.3 is 0 Å². The fourth-order valence-corrected chi connectivity index (χ4v) is 2.81. The number of rotatable bonds is 4. The molecule has 0 aliphatic heterocycles. The van der Waals surface area contributed by atoms with Crippen molar-refractivity contribution in [2.75, 3.05) is 7.11 Å². The predicted molar refractivity (Wildman–Crippen MR) is 83.0 cm³/mol. The fraction of sp³-hybridized carbons (Fsp3) is 0.467. The molecule has 2 rings (SSSR count). The van der Waals surface area contributed by atoms with Crippen molar-refractivity contribution >= 4 is 28.1 Å². The van der Waals surface area contributed by atoms with Crippen molar-refractivity contribution in [2.24, 2.45) is 11.0 Å². The molecule has 0 atom stereocenters. The molecule has 1 fully saturated rings. The summed E-state index contributed by atoms with van der Waals surface area (Å²) in [5.74, 6) is 0.865. The van der Waals surface area contributed by atoms with E-state index in [0.717, 1.165) is 41.5 Å². The van der Waals surface area contributed by atoms with Crippen molar-refractivity contribution in [3.63, 3.8) is 0 Å². The van der Waals surface area contributed by atoms with E-state index in [0.29, 0.717) is 0 Å². The van der Waals surface area contributed by atoms with Gasteiger partial charge in [-0.05, 0) is 31.0 Å². The summed E-state index contributed by atoms with van der Waals surface area (Å²) >= 11 is 3.40. The van der Waals surface area contributed by atoms with Crippen LogP contribution >= 0.6 is 15.9 Å². The van der Waals surface area contributed by atoms with Gasteiger partial charge in [-0.1, -0.05) is 35.2 Å². The molecule has 0 radical (unpaired) electrons. The summed E-state index contributed by atoms with van der Waals surface area (Å²) in [6, 6.07) is 5.65. The lowest BCUT2D eigenvalue weighted by Gasteiger charge is -2.19. The standard InChI is InChI=1S/C15H19BrN2O2/c1-20-14-8-7-13(16)9-12(14)10-17-18-15(19)11-5-3-2-4-6-11/h7-11H,2-6H2,1H3,(H,18,19)/b17-10-. The summed E-state index contributed by atoms with van der Waals surface area (Å²) in [5.41, 5.74) is 3.46. The first-order valence-corrected chi connectivity index (χ1v) is 7.66. The van der Waals surface area contributed by atoms with Crippen LogP contribution in [0.3, 0.4) is 0 Å². The average Bonchev–Trinajstić information content (AvgIpc) is 2.48. The summed E-state index contributed by atoms with van der Waals surface area (Å²) < 4.78 is 6.19. The summed E-state index contributed by atoms with van der Waals surface area (Å²) in [5, 5.41) is 4.04. The van der Waals surface area contributed by atoms with E-state index in [2.05, 4.69) is 26.5 Å². The van der Waals surface area contributed by atoms with E-state index in [-0.39, 0.29) is 11.8 Å². The highest BCUT2D eigenvalue weighted by Crippen LogP contribution is 2.24. The van der Waals surface area contributed by atoms with E-state index in [9.17, 15) is 4.79 Å². The van der Waals surface area contributed by atoms with Gasteiger partial charge < -0.3 is 4.74 Å². The molecule has 1 amide bonds. The van der Waals surface area contributed by atoms with Crippen molar-refractivity contribution < 1.29 is 9.53 Å². The molecule has 0 heterocycles. The number of ether oxygens (including phenoxy) is 1.